The second kappa shape index (κ2) is 10.7. The lowest BCUT2D eigenvalue weighted by atomic mass is 10.2. The van der Waals surface area contributed by atoms with Crippen LogP contribution in [-0.4, -0.2) is 31.9 Å². The molecule has 0 aromatic heterocycles. The summed E-state index contributed by atoms with van der Waals surface area (Å²) in [6, 6.07) is 20.7. The van der Waals surface area contributed by atoms with Crippen LogP contribution in [0.5, 0.6) is 5.75 Å². The number of ether oxygens (including phenoxy) is 1. The number of non-ortho nitro benzene ring substituents is 1. The van der Waals surface area contributed by atoms with Crippen molar-refractivity contribution in [1.29, 1.82) is 0 Å². The Hall–Kier alpha value is -3.76. The van der Waals surface area contributed by atoms with Gasteiger partial charge in [0.15, 0.2) is 6.10 Å². The number of nitrogens with zero attached hydrogens (tertiary/aromatic N) is 1. The molecule has 0 bridgehead atoms. The van der Waals surface area contributed by atoms with Gasteiger partial charge in [-0.3, -0.25) is 14.9 Å². The fourth-order valence-corrected chi connectivity index (χ4v) is 3.95. The Morgan fingerprint density at radius 3 is 2.24 bits per heavy atom. The molecule has 0 saturated carbocycles. The number of carbonyl (C=O) groups is 1. The van der Waals surface area contributed by atoms with Gasteiger partial charge in [0, 0.05) is 24.4 Å². The Labute approximate surface area is 191 Å². The van der Waals surface area contributed by atoms with Crippen molar-refractivity contribution < 1.29 is 22.9 Å². The van der Waals surface area contributed by atoms with Crippen LogP contribution in [0.15, 0.2) is 83.8 Å². The molecule has 33 heavy (non-hydrogen) atoms. The first kappa shape index (κ1) is 23.9. The number of sulfonamides is 1. The Kier molecular flexibility index (Phi) is 7.75. The van der Waals surface area contributed by atoms with E-state index in [1.807, 2.05) is 30.3 Å². The minimum atomic E-state index is -3.68. The molecule has 1 atom stereocenters. The highest BCUT2D eigenvalue weighted by molar-refractivity contribution is 7.89. The lowest BCUT2D eigenvalue weighted by Gasteiger charge is -2.15. The molecular weight excluding hydrogens is 446 g/mol. The molecule has 10 heteroatoms. The highest BCUT2D eigenvalue weighted by Crippen LogP contribution is 2.19. The topological polar surface area (TPSA) is 128 Å². The van der Waals surface area contributed by atoms with Crippen LogP contribution in [0.25, 0.3) is 0 Å². The SMILES string of the molecule is C[C@H](Oc1ccc([N+](=O)[O-])cc1)C(=O)Nc1ccc(S(=O)(=O)NCCc2ccccc2)cc1. The zero-order valence-electron chi connectivity index (χ0n) is 17.8. The average Bonchev–Trinajstić information content (AvgIpc) is 2.80. The number of benzene rings is 3. The van der Waals surface area contributed by atoms with Gasteiger partial charge in [0.05, 0.1) is 9.82 Å². The molecule has 0 radical (unpaired) electrons. The van der Waals surface area contributed by atoms with Crippen LogP contribution in [0.3, 0.4) is 0 Å². The van der Waals surface area contributed by atoms with Gasteiger partial charge in [0.2, 0.25) is 10.0 Å². The van der Waals surface area contributed by atoms with Gasteiger partial charge >= 0.3 is 0 Å². The standard InChI is InChI=1S/C23H23N3O6S/c1-17(32-21-11-9-20(10-12-21)26(28)29)23(27)25-19-7-13-22(14-8-19)33(30,31)24-16-15-18-5-3-2-4-6-18/h2-14,17,24H,15-16H2,1H3,(H,25,27)/t17-/m0/s1. The van der Waals surface area contributed by atoms with Gasteiger partial charge in [-0.2, -0.15) is 0 Å². The fourth-order valence-electron chi connectivity index (χ4n) is 2.92. The highest BCUT2D eigenvalue weighted by atomic mass is 32.2. The summed E-state index contributed by atoms with van der Waals surface area (Å²) in [5.74, 6) is -0.142. The van der Waals surface area contributed by atoms with Crippen molar-refractivity contribution in [3.05, 3.63) is 94.5 Å². The smallest absolute Gasteiger partial charge is 0.269 e. The van der Waals surface area contributed by atoms with Crippen LogP contribution >= 0.6 is 0 Å². The van der Waals surface area contributed by atoms with E-state index in [2.05, 4.69) is 10.0 Å². The quantitative estimate of drug-likeness (QED) is 0.345. The van der Waals surface area contributed by atoms with Crippen LogP contribution in [0.2, 0.25) is 0 Å². The second-order valence-electron chi connectivity index (χ2n) is 7.16. The van der Waals surface area contributed by atoms with Gasteiger partial charge in [0.25, 0.3) is 11.6 Å². The molecule has 0 aliphatic heterocycles. The van der Waals surface area contributed by atoms with E-state index in [1.165, 1.54) is 55.5 Å². The zero-order valence-corrected chi connectivity index (χ0v) is 18.6. The third-order valence-electron chi connectivity index (χ3n) is 4.71. The van der Waals surface area contributed by atoms with E-state index in [9.17, 15) is 23.3 Å². The normalized spacial score (nSPS) is 12.0. The first-order valence-electron chi connectivity index (χ1n) is 10.1. The molecular formula is C23H23N3O6S. The molecule has 0 heterocycles. The molecule has 0 spiro atoms. The van der Waals surface area contributed by atoms with Gasteiger partial charge in [-0.05, 0) is 55.3 Å². The van der Waals surface area contributed by atoms with E-state index < -0.39 is 27.0 Å². The molecule has 2 N–H and O–H groups in total. The maximum Gasteiger partial charge on any atom is 0.269 e. The van der Waals surface area contributed by atoms with Gasteiger partial charge in [-0.25, -0.2) is 13.1 Å². The molecule has 3 rings (SSSR count). The summed E-state index contributed by atoms with van der Waals surface area (Å²) in [6.45, 7) is 1.80. The van der Waals surface area contributed by atoms with Crippen molar-refractivity contribution in [2.24, 2.45) is 0 Å². The molecule has 0 saturated heterocycles. The van der Waals surface area contributed by atoms with Crippen molar-refractivity contribution in [2.45, 2.75) is 24.3 Å². The van der Waals surface area contributed by atoms with E-state index in [0.717, 1.165) is 5.56 Å². The minimum Gasteiger partial charge on any atom is -0.481 e. The number of anilines is 1. The molecule has 172 valence electrons. The van der Waals surface area contributed by atoms with Gasteiger partial charge in [0.1, 0.15) is 5.75 Å². The average molecular weight is 470 g/mol. The lowest BCUT2D eigenvalue weighted by Crippen LogP contribution is -2.30. The summed E-state index contributed by atoms with van der Waals surface area (Å²) in [5.41, 5.74) is 1.36. The fraction of sp³-hybridized carbons (Fsp3) is 0.174. The Morgan fingerprint density at radius 1 is 1.00 bits per heavy atom. The molecule has 0 aliphatic rings. The van der Waals surface area contributed by atoms with Crippen molar-refractivity contribution in [3.63, 3.8) is 0 Å². The Bertz CT molecular complexity index is 1200. The largest absolute Gasteiger partial charge is 0.481 e. The van der Waals surface area contributed by atoms with Gasteiger partial charge in [-0.15, -0.1) is 0 Å². The van der Waals surface area contributed by atoms with E-state index >= 15 is 0 Å². The molecule has 0 unspecified atom stereocenters. The number of rotatable bonds is 10. The summed E-state index contributed by atoms with van der Waals surface area (Å²) >= 11 is 0. The lowest BCUT2D eigenvalue weighted by molar-refractivity contribution is -0.384. The summed E-state index contributed by atoms with van der Waals surface area (Å²) in [6.07, 6.45) is -0.310. The van der Waals surface area contributed by atoms with E-state index in [0.29, 0.717) is 17.9 Å². The third kappa shape index (κ3) is 6.86. The third-order valence-corrected chi connectivity index (χ3v) is 6.19. The number of nitro groups is 1. The van der Waals surface area contributed by atoms with E-state index in [4.69, 9.17) is 4.74 Å². The Morgan fingerprint density at radius 2 is 1.64 bits per heavy atom. The van der Waals surface area contributed by atoms with E-state index in [1.54, 1.807) is 0 Å². The molecule has 9 nitrogen and oxygen atoms in total. The zero-order chi connectivity index (χ0) is 23.8. The minimum absolute atomic E-state index is 0.0796. The van der Waals surface area contributed by atoms with Crippen molar-refractivity contribution in [3.8, 4) is 5.75 Å². The van der Waals surface area contributed by atoms with Crippen LogP contribution < -0.4 is 14.8 Å². The first-order valence-corrected chi connectivity index (χ1v) is 11.6. The number of hydrogen-bond donors (Lipinski definition) is 2. The highest BCUT2D eigenvalue weighted by Gasteiger charge is 2.17. The van der Waals surface area contributed by atoms with Crippen molar-refractivity contribution in [2.75, 3.05) is 11.9 Å². The second-order valence-corrected chi connectivity index (χ2v) is 8.93. The van der Waals surface area contributed by atoms with Crippen LogP contribution in [0.1, 0.15) is 12.5 Å². The maximum atomic E-state index is 12.5. The summed E-state index contributed by atoms with van der Waals surface area (Å²) in [5, 5.41) is 13.3. The summed E-state index contributed by atoms with van der Waals surface area (Å²) < 4.78 is 33.0. The van der Waals surface area contributed by atoms with Crippen molar-refractivity contribution in [1.82, 2.24) is 4.72 Å². The van der Waals surface area contributed by atoms with E-state index in [-0.39, 0.29) is 17.1 Å². The summed E-state index contributed by atoms with van der Waals surface area (Å²) in [7, 11) is -3.68. The number of nitro benzene ring substituents is 1. The van der Waals surface area contributed by atoms with Crippen LogP contribution in [0, 0.1) is 10.1 Å². The number of nitrogens with one attached hydrogen (secondary N) is 2. The van der Waals surface area contributed by atoms with Crippen LogP contribution in [0.4, 0.5) is 11.4 Å². The summed E-state index contributed by atoms with van der Waals surface area (Å²) in [4.78, 5) is 22.6. The number of carbonyl (C=O) groups excluding carboxylic acids is 1. The predicted molar refractivity (Wildman–Crippen MR) is 124 cm³/mol. The number of amides is 1. The van der Waals surface area contributed by atoms with Crippen LogP contribution in [-0.2, 0) is 21.2 Å². The molecule has 0 aliphatic carbocycles. The molecule has 1 amide bonds. The molecule has 0 fully saturated rings. The van der Waals surface area contributed by atoms with Gasteiger partial charge in [-0.1, -0.05) is 30.3 Å². The molecule has 3 aromatic carbocycles. The van der Waals surface area contributed by atoms with Gasteiger partial charge < -0.3 is 10.1 Å². The maximum absolute atomic E-state index is 12.5. The monoisotopic (exact) mass is 469 g/mol. The predicted octanol–water partition coefficient (Wildman–Crippen LogP) is 3.52. The first-order chi connectivity index (χ1) is 15.7. The van der Waals surface area contributed by atoms with Crippen molar-refractivity contribution >= 4 is 27.3 Å². The number of hydrogen-bond acceptors (Lipinski definition) is 6. The Balaban J connectivity index is 1.53. The molecule has 3 aromatic rings.